The molecule has 1 atom stereocenters. The topological polar surface area (TPSA) is 72.0 Å². The van der Waals surface area contributed by atoms with Gasteiger partial charge in [-0.15, -0.1) is 0 Å². The van der Waals surface area contributed by atoms with Crippen LogP contribution in [0.15, 0.2) is 24.4 Å². The molecule has 1 aliphatic rings. The van der Waals surface area contributed by atoms with Gasteiger partial charge in [-0.25, -0.2) is 14.6 Å². The molecule has 1 fully saturated rings. The standard InChI is InChI=1S/C23H35N3O4/c1-7-29-21(27)11-9-18-8-10-20(24-14-18)26(22(28)30-23(4,5)6)19-12-13-25(16-19)15-17(2)3/h8-11,14,17,19H,7,12-13,15-16H2,1-6H3/b11-9+/t19-/m1/s1. The second-order valence-electron chi connectivity index (χ2n) is 8.98. The summed E-state index contributed by atoms with van der Waals surface area (Å²) < 4.78 is 10.6. The Kier molecular flexibility index (Phi) is 8.41. The number of ether oxygens (including phenoxy) is 2. The SMILES string of the molecule is CCOC(=O)/C=C/c1ccc(N(C(=O)OC(C)(C)C)[C@@H]2CCN(CC(C)C)C2)nc1. The minimum Gasteiger partial charge on any atom is -0.463 e. The summed E-state index contributed by atoms with van der Waals surface area (Å²) in [5, 5.41) is 0. The van der Waals surface area contributed by atoms with Crippen molar-refractivity contribution in [3.05, 3.63) is 30.0 Å². The molecule has 1 saturated heterocycles. The van der Waals surface area contributed by atoms with E-state index in [2.05, 4.69) is 23.7 Å². The van der Waals surface area contributed by atoms with Crippen molar-refractivity contribution < 1.29 is 19.1 Å². The molecule has 0 aliphatic carbocycles. The molecule has 0 saturated carbocycles. The summed E-state index contributed by atoms with van der Waals surface area (Å²) in [4.78, 5) is 33.0. The van der Waals surface area contributed by atoms with Crippen LogP contribution in [0.2, 0.25) is 0 Å². The highest BCUT2D eigenvalue weighted by Crippen LogP contribution is 2.25. The molecular formula is C23H35N3O4. The predicted molar refractivity (Wildman–Crippen MR) is 118 cm³/mol. The monoisotopic (exact) mass is 417 g/mol. The van der Waals surface area contributed by atoms with E-state index >= 15 is 0 Å². The molecule has 0 bridgehead atoms. The number of pyridine rings is 1. The van der Waals surface area contributed by atoms with Crippen LogP contribution >= 0.6 is 0 Å². The molecule has 7 nitrogen and oxygen atoms in total. The zero-order valence-electron chi connectivity index (χ0n) is 19.1. The lowest BCUT2D eigenvalue weighted by Gasteiger charge is -2.31. The second-order valence-corrected chi connectivity index (χ2v) is 8.98. The molecule has 7 heteroatoms. The molecule has 0 aromatic carbocycles. The molecule has 0 N–H and O–H groups in total. The van der Waals surface area contributed by atoms with Gasteiger partial charge in [0.25, 0.3) is 0 Å². The van der Waals surface area contributed by atoms with Gasteiger partial charge in [-0.3, -0.25) is 4.90 Å². The number of hydrogen-bond donors (Lipinski definition) is 0. The first-order valence-corrected chi connectivity index (χ1v) is 10.6. The van der Waals surface area contributed by atoms with Crippen LogP contribution < -0.4 is 4.90 Å². The fraction of sp³-hybridized carbons (Fsp3) is 0.609. The first-order valence-electron chi connectivity index (χ1n) is 10.6. The highest BCUT2D eigenvalue weighted by Gasteiger charge is 2.35. The quantitative estimate of drug-likeness (QED) is 0.491. The molecule has 0 spiro atoms. The summed E-state index contributed by atoms with van der Waals surface area (Å²) in [7, 11) is 0. The number of nitrogens with zero attached hydrogens (tertiary/aromatic N) is 3. The van der Waals surface area contributed by atoms with Crippen LogP contribution in [0.3, 0.4) is 0 Å². The van der Waals surface area contributed by atoms with Crippen molar-refractivity contribution in [2.75, 3.05) is 31.1 Å². The highest BCUT2D eigenvalue weighted by molar-refractivity contribution is 5.88. The number of esters is 1. The van der Waals surface area contributed by atoms with Crippen molar-refractivity contribution in [1.82, 2.24) is 9.88 Å². The smallest absolute Gasteiger partial charge is 0.416 e. The van der Waals surface area contributed by atoms with Gasteiger partial charge in [-0.05, 0) is 63.8 Å². The Balaban J connectivity index is 2.20. The molecule has 2 heterocycles. The number of rotatable bonds is 7. The van der Waals surface area contributed by atoms with E-state index in [1.54, 1.807) is 30.2 Å². The van der Waals surface area contributed by atoms with Crippen LogP contribution in [0.5, 0.6) is 0 Å². The summed E-state index contributed by atoms with van der Waals surface area (Å²) >= 11 is 0. The van der Waals surface area contributed by atoms with Crippen LogP contribution in [-0.4, -0.2) is 59.8 Å². The lowest BCUT2D eigenvalue weighted by Crippen LogP contribution is -2.45. The average Bonchev–Trinajstić information content (AvgIpc) is 3.07. The van der Waals surface area contributed by atoms with E-state index in [0.717, 1.165) is 31.6 Å². The summed E-state index contributed by atoms with van der Waals surface area (Å²) in [6.45, 7) is 14.8. The van der Waals surface area contributed by atoms with E-state index in [9.17, 15) is 9.59 Å². The number of carbonyl (C=O) groups is 2. The normalized spacial score (nSPS) is 17.5. The highest BCUT2D eigenvalue weighted by atomic mass is 16.6. The number of anilines is 1. The molecule has 0 radical (unpaired) electrons. The third-order valence-electron chi connectivity index (χ3n) is 4.54. The maximum absolute atomic E-state index is 13.0. The van der Waals surface area contributed by atoms with Crippen molar-refractivity contribution in [3.63, 3.8) is 0 Å². The van der Waals surface area contributed by atoms with E-state index in [1.807, 2.05) is 26.8 Å². The average molecular weight is 418 g/mol. The summed E-state index contributed by atoms with van der Waals surface area (Å²) in [5.74, 6) is 0.726. The van der Waals surface area contributed by atoms with Crippen molar-refractivity contribution in [2.24, 2.45) is 5.92 Å². The number of carbonyl (C=O) groups excluding carboxylic acids is 2. The number of likely N-dealkylation sites (tertiary alicyclic amines) is 1. The fourth-order valence-electron chi connectivity index (χ4n) is 3.44. The van der Waals surface area contributed by atoms with Crippen LogP contribution in [0.4, 0.5) is 10.6 Å². The molecule has 1 aromatic rings. The van der Waals surface area contributed by atoms with Crippen molar-refractivity contribution in [3.8, 4) is 0 Å². The zero-order chi connectivity index (χ0) is 22.3. The second kappa shape index (κ2) is 10.6. The van der Waals surface area contributed by atoms with Gasteiger partial charge in [0.2, 0.25) is 0 Å². The van der Waals surface area contributed by atoms with Gasteiger partial charge in [0, 0.05) is 31.9 Å². The van der Waals surface area contributed by atoms with E-state index in [-0.39, 0.29) is 12.1 Å². The largest absolute Gasteiger partial charge is 0.463 e. The summed E-state index contributed by atoms with van der Waals surface area (Å²) in [6.07, 6.45) is 5.14. The Labute approximate surface area is 180 Å². The number of hydrogen-bond acceptors (Lipinski definition) is 6. The lowest BCUT2D eigenvalue weighted by atomic mass is 10.2. The Morgan fingerprint density at radius 3 is 2.63 bits per heavy atom. The van der Waals surface area contributed by atoms with Crippen LogP contribution in [-0.2, 0) is 14.3 Å². The molecule has 0 unspecified atom stereocenters. The third kappa shape index (κ3) is 7.44. The van der Waals surface area contributed by atoms with Gasteiger partial charge < -0.3 is 14.4 Å². The Morgan fingerprint density at radius 1 is 1.33 bits per heavy atom. The van der Waals surface area contributed by atoms with Gasteiger partial charge >= 0.3 is 12.1 Å². The lowest BCUT2D eigenvalue weighted by molar-refractivity contribution is -0.137. The molecule has 1 aromatic heterocycles. The number of amides is 1. The molecule has 2 rings (SSSR count). The fourth-order valence-corrected chi connectivity index (χ4v) is 3.44. The maximum atomic E-state index is 13.0. The van der Waals surface area contributed by atoms with Gasteiger partial charge in [0.15, 0.2) is 0 Å². The van der Waals surface area contributed by atoms with E-state index < -0.39 is 11.6 Å². The third-order valence-corrected chi connectivity index (χ3v) is 4.54. The number of aromatic nitrogens is 1. The first-order chi connectivity index (χ1) is 14.1. The van der Waals surface area contributed by atoms with Gasteiger partial charge in [-0.1, -0.05) is 13.8 Å². The molecule has 1 amide bonds. The van der Waals surface area contributed by atoms with E-state index in [0.29, 0.717) is 18.3 Å². The first kappa shape index (κ1) is 23.9. The van der Waals surface area contributed by atoms with E-state index in [1.165, 1.54) is 6.08 Å². The molecule has 166 valence electrons. The molecule has 1 aliphatic heterocycles. The maximum Gasteiger partial charge on any atom is 0.416 e. The summed E-state index contributed by atoms with van der Waals surface area (Å²) in [6, 6.07) is 3.63. The Hall–Kier alpha value is -2.41. The molecule has 30 heavy (non-hydrogen) atoms. The van der Waals surface area contributed by atoms with Gasteiger partial charge in [0.05, 0.1) is 12.6 Å². The minimum atomic E-state index is -0.589. The van der Waals surface area contributed by atoms with Crippen molar-refractivity contribution in [1.29, 1.82) is 0 Å². The summed E-state index contributed by atoms with van der Waals surface area (Å²) in [5.41, 5.74) is 0.164. The van der Waals surface area contributed by atoms with Crippen LogP contribution in [0, 0.1) is 5.92 Å². The van der Waals surface area contributed by atoms with Crippen molar-refractivity contribution >= 4 is 24.0 Å². The molecular weight excluding hydrogens is 382 g/mol. The van der Waals surface area contributed by atoms with Crippen LogP contribution in [0.25, 0.3) is 6.08 Å². The minimum absolute atomic E-state index is 0.00650. The Morgan fingerprint density at radius 2 is 2.07 bits per heavy atom. The zero-order valence-corrected chi connectivity index (χ0v) is 19.1. The van der Waals surface area contributed by atoms with Gasteiger partial charge in [0.1, 0.15) is 11.4 Å². The van der Waals surface area contributed by atoms with Crippen LogP contribution in [0.1, 0.15) is 53.5 Å². The Bertz CT molecular complexity index is 738. The van der Waals surface area contributed by atoms with Gasteiger partial charge in [-0.2, -0.15) is 0 Å². The van der Waals surface area contributed by atoms with Crippen molar-refractivity contribution in [2.45, 2.75) is 59.6 Å². The predicted octanol–water partition coefficient (Wildman–Crippen LogP) is 4.13. The van der Waals surface area contributed by atoms with E-state index in [4.69, 9.17) is 9.47 Å².